The summed E-state index contributed by atoms with van der Waals surface area (Å²) in [5, 5.41) is 0. The van der Waals surface area contributed by atoms with Crippen molar-refractivity contribution in [3.05, 3.63) is 29.8 Å². The van der Waals surface area contributed by atoms with Crippen LogP contribution in [0.4, 0.5) is 0 Å². The van der Waals surface area contributed by atoms with E-state index >= 15 is 0 Å². The fraction of sp³-hybridized carbons (Fsp3) is 0.588. The molecule has 1 rings (SSSR count). The van der Waals surface area contributed by atoms with E-state index in [4.69, 9.17) is 0 Å². The standard InChI is InChI=1S/C17H28N2O3S/c1-5-7-12-19(6-2)17(20)15-8-10-16(11-9-15)23(21,22)18-13-14(3)4/h8-11,14,18H,5-7,12-13H2,1-4H3. The third-order valence-corrected chi connectivity index (χ3v) is 4.98. The second kappa shape index (κ2) is 9.03. The average molecular weight is 340 g/mol. The van der Waals surface area contributed by atoms with Crippen LogP contribution in [-0.4, -0.2) is 38.9 Å². The minimum atomic E-state index is -3.51. The molecule has 0 unspecified atom stereocenters. The van der Waals surface area contributed by atoms with Crippen molar-refractivity contribution < 1.29 is 13.2 Å². The van der Waals surface area contributed by atoms with Crippen molar-refractivity contribution >= 4 is 15.9 Å². The summed E-state index contributed by atoms with van der Waals surface area (Å²) in [7, 11) is -3.51. The van der Waals surface area contributed by atoms with Crippen LogP contribution in [-0.2, 0) is 10.0 Å². The number of carbonyl (C=O) groups is 1. The molecule has 0 spiro atoms. The zero-order valence-corrected chi connectivity index (χ0v) is 15.3. The van der Waals surface area contributed by atoms with Gasteiger partial charge in [0.1, 0.15) is 0 Å². The van der Waals surface area contributed by atoms with Gasteiger partial charge in [-0.3, -0.25) is 4.79 Å². The van der Waals surface area contributed by atoms with E-state index in [2.05, 4.69) is 11.6 Å². The number of nitrogens with zero attached hydrogens (tertiary/aromatic N) is 1. The normalized spacial score (nSPS) is 11.7. The number of rotatable bonds is 9. The maximum atomic E-state index is 12.4. The summed E-state index contributed by atoms with van der Waals surface area (Å²) >= 11 is 0. The van der Waals surface area contributed by atoms with Crippen molar-refractivity contribution in [3.63, 3.8) is 0 Å². The highest BCUT2D eigenvalue weighted by Gasteiger charge is 2.17. The molecule has 1 amide bonds. The van der Waals surface area contributed by atoms with Gasteiger partial charge in [-0.1, -0.05) is 27.2 Å². The first-order chi connectivity index (χ1) is 10.8. The molecule has 0 saturated heterocycles. The molecular weight excluding hydrogens is 312 g/mol. The van der Waals surface area contributed by atoms with E-state index in [-0.39, 0.29) is 16.7 Å². The summed E-state index contributed by atoms with van der Waals surface area (Å²) in [4.78, 5) is 14.4. The van der Waals surface area contributed by atoms with Crippen LogP contribution in [0.5, 0.6) is 0 Å². The minimum Gasteiger partial charge on any atom is -0.339 e. The number of unbranched alkanes of at least 4 members (excludes halogenated alkanes) is 1. The van der Waals surface area contributed by atoms with E-state index in [0.717, 1.165) is 19.4 Å². The van der Waals surface area contributed by atoms with Gasteiger partial charge in [-0.05, 0) is 43.5 Å². The lowest BCUT2D eigenvalue weighted by atomic mass is 10.2. The van der Waals surface area contributed by atoms with Gasteiger partial charge in [-0.2, -0.15) is 0 Å². The Bertz CT molecular complexity index is 595. The predicted molar refractivity (Wildman–Crippen MR) is 93.0 cm³/mol. The highest BCUT2D eigenvalue weighted by Crippen LogP contribution is 2.13. The number of amides is 1. The second-order valence-electron chi connectivity index (χ2n) is 6.01. The zero-order chi connectivity index (χ0) is 17.5. The van der Waals surface area contributed by atoms with Crippen molar-refractivity contribution in [2.24, 2.45) is 5.92 Å². The van der Waals surface area contributed by atoms with Crippen LogP contribution in [0, 0.1) is 5.92 Å². The van der Waals surface area contributed by atoms with Crippen LogP contribution < -0.4 is 4.72 Å². The maximum Gasteiger partial charge on any atom is 0.253 e. The SMILES string of the molecule is CCCCN(CC)C(=O)c1ccc(S(=O)(=O)NCC(C)C)cc1. The number of carbonyl (C=O) groups excluding carboxylic acids is 1. The molecule has 0 fully saturated rings. The number of sulfonamides is 1. The molecule has 130 valence electrons. The first kappa shape index (κ1) is 19.6. The molecule has 6 heteroatoms. The molecule has 1 aromatic carbocycles. The Hall–Kier alpha value is -1.40. The molecule has 0 bridgehead atoms. The van der Waals surface area contributed by atoms with Gasteiger partial charge in [0.05, 0.1) is 4.90 Å². The molecule has 0 aliphatic carbocycles. The lowest BCUT2D eigenvalue weighted by Crippen LogP contribution is -2.32. The summed E-state index contributed by atoms with van der Waals surface area (Å²) in [6, 6.07) is 6.15. The molecule has 0 aliphatic rings. The van der Waals surface area contributed by atoms with E-state index in [1.807, 2.05) is 20.8 Å². The van der Waals surface area contributed by atoms with Crippen molar-refractivity contribution in [1.29, 1.82) is 0 Å². The van der Waals surface area contributed by atoms with Crippen molar-refractivity contribution in [1.82, 2.24) is 9.62 Å². The van der Waals surface area contributed by atoms with Crippen molar-refractivity contribution in [3.8, 4) is 0 Å². The van der Waals surface area contributed by atoms with Gasteiger partial charge in [0, 0.05) is 25.2 Å². The first-order valence-corrected chi connectivity index (χ1v) is 9.69. The molecule has 1 aromatic rings. The monoisotopic (exact) mass is 340 g/mol. The van der Waals surface area contributed by atoms with Gasteiger partial charge >= 0.3 is 0 Å². The largest absolute Gasteiger partial charge is 0.339 e. The van der Waals surface area contributed by atoms with Crippen LogP contribution in [0.15, 0.2) is 29.2 Å². The molecule has 0 heterocycles. The van der Waals surface area contributed by atoms with Gasteiger partial charge in [0.15, 0.2) is 0 Å². The first-order valence-electron chi connectivity index (χ1n) is 8.20. The topological polar surface area (TPSA) is 66.5 Å². The number of hydrogen-bond donors (Lipinski definition) is 1. The highest BCUT2D eigenvalue weighted by molar-refractivity contribution is 7.89. The Balaban J connectivity index is 2.85. The Morgan fingerprint density at radius 1 is 1.17 bits per heavy atom. The molecule has 1 N–H and O–H groups in total. The van der Waals surface area contributed by atoms with Gasteiger partial charge in [0.25, 0.3) is 5.91 Å². The highest BCUT2D eigenvalue weighted by atomic mass is 32.2. The molecule has 0 aromatic heterocycles. The summed E-state index contributed by atoms with van der Waals surface area (Å²) < 4.78 is 26.8. The minimum absolute atomic E-state index is 0.0555. The van der Waals surface area contributed by atoms with E-state index < -0.39 is 10.0 Å². The van der Waals surface area contributed by atoms with Crippen LogP contribution in [0.1, 0.15) is 50.9 Å². The zero-order valence-electron chi connectivity index (χ0n) is 14.5. The quantitative estimate of drug-likeness (QED) is 0.751. The summed E-state index contributed by atoms with van der Waals surface area (Å²) in [6.07, 6.45) is 1.99. The molecule has 0 radical (unpaired) electrons. The third-order valence-electron chi connectivity index (χ3n) is 3.54. The molecule has 5 nitrogen and oxygen atoms in total. The summed E-state index contributed by atoms with van der Waals surface area (Å²) in [5.41, 5.74) is 0.519. The molecule has 0 aliphatic heterocycles. The average Bonchev–Trinajstić information content (AvgIpc) is 2.53. The van der Waals surface area contributed by atoms with E-state index in [0.29, 0.717) is 18.7 Å². The fourth-order valence-corrected chi connectivity index (χ4v) is 3.28. The van der Waals surface area contributed by atoms with E-state index in [1.54, 1.807) is 17.0 Å². The Labute approximate surface area is 140 Å². The predicted octanol–water partition coefficient (Wildman–Crippen LogP) is 2.88. The Morgan fingerprint density at radius 2 is 1.78 bits per heavy atom. The maximum absolute atomic E-state index is 12.4. The van der Waals surface area contributed by atoms with Crippen molar-refractivity contribution in [2.45, 2.75) is 45.4 Å². The smallest absolute Gasteiger partial charge is 0.253 e. The van der Waals surface area contributed by atoms with E-state index in [1.165, 1.54) is 12.1 Å². The van der Waals surface area contributed by atoms with Crippen LogP contribution in [0.25, 0.3) is 0 Å². The summed E-state index contributed by atoms with van der Waals surface area (Å²) in [6.45, 7) is 9.69. The fourth-order valence-electron chi connectivity index (χ4n) is 2.07. The number of benzene rings is 1. The Morgan fingerprint density at radius 3 is 2.26 bits per heavy atom. The van der Waals surface area contributed by atoms with E-state index in [9.17, 15) is 13.2 Å². The van der Waals surface area contributed by atoms with Gasteiger partial charge < -0.3 is 4.90 Å². The van der Waals surface area contributed by atoms with Crippen LogP contribution >= 0.6 is 0 Å². The second-order valence-corrected chi connectivity index (χ2v) is 7.78. The third kappa shape index (κ3) is 5.95. The molecule has 23 heavy (non-hydrogen) atoms. The van der Waals surface area contributed by atoms with Gasteiger partial charge in [-0.25, -0.2) is 13.1 Å². The van der Waals surface area contributed by atoms with Crippen LogP contribution in [0.3, 0.4) is 0 Å². The van der Waals surface area contributed by atoms with Gasteiger partial charge in [0.2, 0.25) is 10.0 Å². The van der Waals surface area contributed by atoms with Crippen LogP contribution in [0.2, 0.25) is 0 Å². The number of hydrogen-bond acceptors (Lipinski definition) is 3. The lowest BCUT2D eigenvalue weighted by Gasteiger charge is -2.20. The lowest BCUT2D eigenvalue weighted by molar-refractivity contribution is 0.0762. The number of nitrogens with one attached hydrogen (secondary N) is 1. The van der Waals surface area contributed by atoms with Gasteiger partial charge in [-0.15, -0.1) is 0 Å². The molecular formula is C17H28N2O3S. The molecule has 0 atom stereocenters. The molecule has 0 saturated carbocycles. The Kier molecular flexibility index (Phi) is 7.72. The van der Waals surface area contributed by atoms with Crippen molar-refractivity contribution in [2.75, 3.05) is 19.6 Å². The summed E-state index contributed by atoms with van der Waals surface area (Å²) in [5.74, 6) is 0.183.